The smallest absolute Gasteiger partial charge is 0.321 e. The minimum Gasteiger partial charge on any atom is -0.481 e. The zero-order valence-electron chi connectivity index (χ0n) is 12.8. The minimum absolute atomic E-state index is 0.0444. The third-order valence-electron chi connectivity index (χ3n) is 3.29. The fourth-order valence-corrected chi connectivity index (χ4v) is 1.97. The minimum atomic E-state index is -0.901. The molecule has 116 valence electrons. The Morgan fingerprint density at radius 1 is 1.19 bits per heavy atom. The Balaban J connectivity index is 2.54. The van der Waals surface area contributed by atoms with E-state index in [1.165, 1.54) is 10.5 Å². The molecule has 1 rings (SSSR count). The van der Waals surface area contributed by atoms with Gasteiger partial charge in [-0.15, -0.1) is 0 Å². The van der Waals surface area contributed by atoms with E-state index in [0.717, 1.165) is 24.9 Å². The van der Waals surface area contributed by atoms with Gasteiger partial charge >= 0.3 is 12.0 Å². The molecule has 0 bridgehead atoms. The lowest BCUT2D eigenvalue weighted by Gasteiger charge is -2.20. The molecule has 0 aliphatic carbocycles. The highest BCUT2D eigenvalue weighted by Gasteiger charge is 2.12. The maximum atomic E-state index is 12.0. The molecule has 0 saturated heterocycles. The molecule has 1 aromatic carbocycles. The summed E-state index contributed by atoms with van der Waals surface area (Å²) in [5.41, 5.74) is 1.99. The molecular formula is C16H24N2O3. The standard InChI is InChI=1S/C16H24N2O3/c1-3-5-6-13-7-9-14(10-8-13)17-16(21)18(4-2)12-11-15(19)20/h7-10H,3-6,11-12H2,1-2H3,(H,17,21)(H,19,20). The number of rotatable bonds is 8. The van der Waals surface area contributed by atoms with Crippen LogP contribution in [0.15, 0.2) is 24.3 Å². The van der Waals surface area contributed by atoms with Crippen molar-refractivity contribution in [2.45, 2.75) is 39.5 Å². The number of carbonyl (C=O) groups is 2. The van der Waals surface area contributed by atoms with Crippen LogP contribution in [0.3, 0.4) is 0 Å². The lowest BCUT2D eigenvalue weighted by atomic mass is 10.1. The molecule has 0 saturated carbocycles. The summed E-state index contributed by atoms with van der Waals surface area (Å²) >= 11 is 0. The molecule has 21 heavy (non-hydrogen) atoms. The molecule has 0 unspecified atom stereocenters. The van der Waals surface area contributed by atoms with E-state index in [1.54, 1.807) is 0 Å². The lowest BCUT2D eigenvalue weighted by molar-refractivity contribution is -0.137. The number of amides is 2. The van der Waals surface area contributed by atoms with E-state index < -0.39 is 5.97 Å². The van der Waals surface area contributed by atoms with Gasteiger partial charge in [0.25, 0.3) is 0 Å². The van der Waals surface area contributed by atoms with Crippen LogP contribution < -0.4 is 5.32 Å². The highest BCUT2D eigenvalue weighted by Crippen LogP contribution is 2.12. The van der Waals surface area contributed by atoms with Crippen molar-refractivity contribution >= 4 is 17.7 Å². The molecule has 0 aliphatic heterocycles. The predicted molar refractivity (Wildman–Crippen MR) is 83.6 cm³/mol. The number of benzene rings is 1. The Morgan fingerprint density at radius 2 is 1.86 bits per heavy atom. The average molecular weight is 292 g/mol. The number of nitrogens with zero attached hydrogens (tertiary/aromatic N) is 1. The van der Waals surface area contributed by atoms with Crippen LogP contribution in [0.5, 0.6) is 0 Å². The van der Waals surface area contributed by atoms with Crippen molar-refractivity contribution in [1.29, 1.82) is 0 Å². The molecule has 0 spiro atoms. The summed E-state index contributed by atoms with van der Waals surface area (Å²) < 4.78 is 0. The second kappa shape index (κ2) is 9.00. The van der Waals surface area contributed by atoms with Gasteiger partial charge in [-0.1, -0.05) is 25.5 Å². The highest BCUT2D eigenvalue weighted by atomic mass is 16.4. The van der Waals surface area contributed by atoms with Gasteiger partial charge in [0.1, 0.15) is 0 Å². The molecule has 2 amide bonds. The molecule has 5 nitrogen and oxygen atoms in total. The average Bonchev–Trinajstić information content (AvgIpc) is 2.47. The monoisotopic (exact) mass is 292 g/mol. The van der Waals surface area contributed by atoms with Gasteiger partial charge in [0.2, 0.25) is 0 Å². The summed E-state index contributed by atoms with van der Waals surface area (Å²) in [7, 11) is 0. The van der Waals surface area contributed by atoms with E-state index >= 15 is 0 Å². The Bertz CT molecular complexity index is 457. The number of nitrogens with one attached hydrogen (secondary N) is 1. The third-order valence-corrected chi connectivity index (χ3v) is 3.29. The number of unbranched alkanes of at least 4 members (excludes halogenated alkanes) is 1. The van der Waals surface area contributed by atoms with Crippen molar-refractivity contribution < 1.29 is 14.7 Å². The first kappa shape index (κ1) is 17.0. The second-order valence-corrected chi connectivity index (χ2v) is 4.95. The Hall–Kier alpha value is -2.04. The first-order chi connectivity index (χ1) is 10.1. The Labute approximate surface area is 126 Å². The SMILES string of the molecule is CCCCc1ccc(NC(=O)N(CC)CCC(=O)O)cc1. The molecule has 1 aromatic rings. The van der Waals surface area contributed by atoms with E-state index in [2.05, 4.69) is 12.2 Å². The van der Waals surface area contributed by atoms with E-state index in [4.69, 9.17) is 5.11 Å². The van der Waals surface area contributed by atoms with Gasteiger partial charge in [0.05, 0.1) is 6.42 Å². The van der Waals surface area contributed by atoms with Crippen molar-refractivity contribution in [2.24, 2.45) is 0 Å². The molecule has 0 aromatic heterocycles. The number of aryl methyl sites for hydroxylation is 1. The highest BCUT2D eigenvalue weighted by molar-refractivity contribution is 5.89. The Kier molecular flexibility index (Phi) is 7.29. The van der Waals surface area contributed by atoms with Crippen molar-refractivity contribution in [3.8, 4) is 0 Å². The number of carbonyl (C=O) groups excluding carboxylic acids is 1. The van der Waals surface area contributed by atoms with Gasteiger partial charge in [-0.25, -0.2) is 4.79 Å². The molecule has 2 N–H and O–H groups in total. The fourth-order valence-electron chi connectivity index (χ4n) is 1.97. The van der Waals surface area contributed by atoms with Crippen LogP contribution in [-0.2, 0) is 11.2 Å². The van der Waals surface area contributed by atoms with Crippen molar-refractivity contribution in [3.63, 3.8) is 0 Å². The summed E-state index contributed by atoms with van der Waals surface area (Å²) in [5, 5.41) is 11.5. The van der Waals surface area contributed by atoms with Gasteiger partial charge < -0.3 is 15.3 Å². The van der Waals surface area contributed by atoms with Gasteiger partial charge in [-0.2, -0.15) is 0 Å². The predicted octanol–water partition coefficient (Wildman–Crippen LogP) is 3.36. The molecule has 0 heterocycles. The second-order valence-electron chi connectivity index (χ2n) is 4.95. The maximum Gasteiger partial charge on any atom is 0.321 e. The number of urea groups is 1. The summed E-state index contributed by atoms with van der Waals surface area (Å²) in [5.74, 6) is -0.901. The zero-order valence-corrected chi connectivity index (χ0v) is 12.8. The van der Waals surface area contributed by atoms with Crippen LogP contribution in [0.2, 0.25) is 0 Å². The summed E-state index contributed by atoms with van der Waals surface area (Å²) in [6.07, 6.45) is 3.32. The number of aliphatic carboxylic acids is 1. The number of hydrogen-bond donors (Lipinski definition) is 2. The van der Waals surface area contributed by atoms with E-state index in [0.29, 0.717) is 6.54 Å². The summed E-state index contributed by atoms with van der Waals surface area (Å²) in [4.78, 5) is 24.1. The normalized spacial score (nSPS) is 10.2. The van der Waals surface area contributed by atoms with E-state index in [9.17, 15) is 9.59 Å². The largest absolute Gasteiger partial charge is 0.481 e. The number of carboxylic acids is 1. The maximum absolute atomic E-state index is 12.0. The van der Waals surface area contributed by atoms with Gasteiger partial charge in [0.15, 0.2) is 0 Å². The number of carboxylic acid groups (broad SMARTS) is 1. The molecule has 0 fully saturated rings. The molecule has 0 aliphatic rings. The fraction of sp³-hybridized carbons (Fsp3) is 0.500. The van der Waals surface area contributed by atoms with Crippen LogP contribution in [-0.4, -0.2) is 35.1 Å². The number of anilines is 1. The summed E-state index contributed by atoms with van der Waals surface area (Å²) in [6, 6.07) is 7.53. The molecule has 0 radical (unpaired) electrons. The third kappa shape index (κ3) is 6.29. The number of hydrogen-bond acceptors (Lipinski definition) is 2. The Morgan fingerprint density at radius 3 is 2.38 bits per heavy atom. The molecule has 5 heteroatoms. The topological polar surface area (TPSA) is 69.6 Å². The van der Waals surface area contributed by atoms with Crippen LogP contribution in [0, 0.1) is 0 Å². The van der Waals surface area contributed by atoms with Crippen LogP contribution in [0.25, 0.3) is 0 Å². The van der Waals surface area contributed by atoms with E-state index in [1.807, 2.05) is 31.2 Å². The van der Waals surface area contributed by atoms with Crippen molar-refractivity contribution in [2.75, 3.05) is 18.4 Å². The lowest BCUT2D eigenvalue weighted by Crippen LogP contribution is -2.36. The zero-order chi connectivity index (χ0) is 15.7. The van der Waals surface area contributed by atoms with Gasteiger partial charge in [-0.3, -0.25) is 4.79 Å². The van der Waals surface area contributed by atoms with Crippen LogP contribution >= 0.6 is 0 Å². The van der Waals surface area contributed by atoms with Crippen molar-refractivity contribution in [3.05, 3.63) is 29.8 Å². The van der Waals surface area contributed by atoms with Crippen molar-refractivity contribution in [1.82, 2.24) is 4.90 Å². The summed E-state index contributed by atoms with van der Waals surface area (Å²) in [6.45, 7) is 4.68. The van der Waals surface area contributed by atoms with E-state index in [-0.39, 0.29) is 19.0 Å². The van der Waals surface area contributed by atoms with Gasteiger partial charge in [0, 0.05) is 18.8 Å². The van der Waals surface area contributed by atoms with Crippen LogP contribution in [0.1, 0.15) is 38.7 Å². The first-order valence-electron chi connectivity index (χ1n) is 7.43. The molecule has 0 atom stereocenters. The molecular weight excluding hydrogens is 268 g/mol. The van der Waals surface area contributed by atoms with Gasteiger partial charge in [-0.05, 0) is 37.5 Å². The first-order valence-corrected chi connectivity index (χ1v) is 7.43. The quantitative estimate of drug-likeness (QED) is 0.772. The van der Waals surface area contributed by atoms with Crippen LogP contribution in [0.4, 0.5) is 10.5 Å².